The molecule has 6 heteroatoms. The minimum Gasteiger partial charge on any atom is -0.497 e. The molecule has 0 aliphatic carbocycles. The highest BCUT2D eigenvalue weighted by atomic mass is 16.5. The summed E-state index contributed by atoms with van der Waals surface area (Å²) >= 11 is 0. The van der Waals surface area contributed by atoms with E-state index >= 15 is 0 Å². The lowest BCUT2D eigenvalue weighted by Gasteiger charge is -2.16. The van der Waals surface area contributed by atoms with Gasteiger partial charge in [0.05, 0.1) is 12.8 Å². The van der Waals surface area contributed by atoms with E-state index in [4.69, 9.17) is 4.74 Å². The second kappa shape index (κ2) is 9.17. The third kappa shape index (κ3) is 4.93. The fourth-order valence-electron chi connectivity index (χ4n) is 3.24. The molecule has 0 radical (unpaired) electrons. The van der Waals surface area contributed by atoms with E-state index in [9.17, 15) is 4.79 Å². The lowest BCUT2D eigenvalue weighted by atomic mass is 10.1. The predicted octanol–water partition coefficient (Wildman–Crippen LogP) is 5.31. The minimum atomic E-state index is -0.259. The first kappa shape index (κ1) is 20.2. The molecule has 6 nitrogen and oxygen atoms in total. The Morgan fingerprint density at radius 1 is 0.903 bits per heavy atom. The quantitative estimate of drug-likeness (QED) is 0.432. The average molecular weight is 412 g/mol. The average Bonchev–Trinajstić information content (AvgIpc) is 3.31. The number of carbonyl (C=O) groups excluding carboxylic acids is 1. The number of ether oxygens (including phenoxy) is 1. The van der Waals surface area contributed by atoms with E-state index in [0.717, 1.165) is 17.1 Å². The van der Waals surface area contributed by atoms with Crippen LogP contribution in [0.3, 0.4) is 0 Å². The van der Waals surface area contributed by atoms with Crippen LogP contribution in [0.1, 0.15) is 29.0 Å². The van der Waals surface area contributed by atoms with Gasteiger partial charge in [0.1, 0.15) is 5.75 Å². The predicted molar refractivity (Wildman–Crippen MR) is 123 cm³/mol. The molecule has 0 fully saturated rings. The molecule has 1 unspecified atom stereocenters. The van der Waals surface area contributed by atoms with Crippen LogP contribution in [0, 0.1) is 0 Å². The molecule has 1 aromatic heterocycles. The van der Waals surface area contributed by atoms with Crippen molar-refractivity contribution in [3.63, 3.8) is 0 Å². The van der Waals surface area contributed by atoms with E-state index in [2.05, 4.69) is 34.8 Å². The summed E-state index contributed by atoms with van der Waals surface area (Å²) in [6.07, 6.45) is 1.76. The van der Waals surface area contributed by atoms with Gasteiger partial charge in [0.25, 0.3) is 5.91 Å². The number of benzene rings is 3. The van der Waals surface area contributed by atoms with Gasteiger partial charge in [-0.2, -0.15) is 5.10 Å². The number of nitrogens with one attached hydrogen (secondary N) is 2. The molecule has 3 aromatic carbocycles. The van der Waals surface area contributed by atoms with Gasteiger partial charge in [0, 0.05) is 23.6 Å². The van der Waals surface area contributed by atoms with E-state index in [1.807, 2.05) is 66.7 Å². The maximum Gasteiger partial charge on any atom is 0.276 e. The SMILES string of the molecule is COc1ccc(-n2ccc(C(=O)Nc3ccc(NC(C)c4ccccc4)cc3)n2)cc1. The summed E-state index contributed by atoms with van der Waals surface area (Å²) < 4.78 is 6.83. The van der Waals surface area contributed by atoms with Crippen molar-refractivity contribution in [3.05, 3.63) is 102 Å². The van der Waals surface area contributed by atoms with Gasteiger partial charge in [-0.05, 0) is 67.1 Å². The van der Waals surface area contributed by atoms with Gasteiger partial charge in [0.15, 0.2) is 5.69 Å². The maximum atomic E-state index is 12.6. The van der Waals surface area contributed by atoms with Crippen molar-refractivity contribution in [2.24, 2.45) is 0 Å². The summed E-state index contributed by atoms with van der Waals surface area (Å²) in [6, 6.07) is 27.3. The monoisotopic (exact) mass is 412 g/mol. The Labute approximate surface area is 181 Å². The second-order valence-corrected chi connectivity index (χ2v) is 7.15. The lowest BCUT2D eigenvalue weighted by Crippen LogP contribution is -2.13. The van der Waals surface area contributed by atoms with E-state index in [1.54, 1.807) is 24.1 Å². The molecule has 1 heterocycles. The van der Waals surface area contributed by atoms with Crippen LogP contribution in [0.5, 0.6) is 5.75 Å². The van der Waals surface area contributed by atoms with Gasteiger partial charge < -0.3 is 15.4 Å². The molecular formula is C25H24N4O2. The zero-order chi connectivity index (χ0) is 21.6. The number of hydrogen-bond donors (Lipinski definition) is 2. The Morgan fingerprint density at radius 2 is 1.58 bits per heavy atom. The lowest BCUT2D eigenvalue weighted by molar-refractivity contribution is 0.102. The molecule has 1 atom stereocenters. The van der Waals surface area contributed by atoms with E-state index in [1.165, 1.54) is 5.56 Å². The normalized spacial score (nSPS) is 11.5. The smallest absolute Gasteiger partial charge is 0.276 e. The molecule has 0 saturated heterocycles. The fourth-order valence-corrected chi connectivity index (χ4v) is 3.24. The van der Waals surface area contributed by atoms with Gasteiger partial charge in [-0.3, -0.25) is 4.79 Å². The molecular weight excluding hydrogens is 388 g/mol. The van der Waals surface area contributed by atoms with Crippen LogP contribution in [-0.4, -0.2) is 22.8 Å². The summed E-state index contributed by atoms with van der Waals surface area (Å²) in [7, 11) is 1.62. The second-order valence-electron chi connectivity index (χ2n) is 7.15. The molecule has 0 spiro atoms. The van der Waals surface area contributed by atoms with Gasteiger partial charge in [0.2, 0.25) is 0 Å². The van der Waals surface area contributed by atoms with Gasteiger partial charge in [-0.25, -0.2) is 4.68 Å². The van der Waals surface area contributed by atoms with Crippen molar-refractivity contribution in [3.8, 4) is 11.4 Å². The van der Waals surface area contributed by atoms with Crippen molar-refractivity contribution in [1.29, 1.82) is 0 Å². The Balaban J connectivity index is 1.38. The number of amides is 1. The number of methoxy groups -OCH3 is 1. The molecule has 4 rings (SSSR count). The molecule has 1 amide bonds. The maximum absolute atomic E-state index is 12.6. The van der Waals surface area contributed by atoms with Gasteiger partial charge >= 0.3 is 0 Å². The fraction of sp³-hybridized carbons (Fsp3) is 0.120. The van der Waals surface area contributed by atoms with Crippen LogP contribution in [0.4, 0.5) is 11.4 Å². The number of carbonyl (C=O) groups is 1. The van der Waals surface area contributed by atoms with Crippen LogP contribution in [0.25, 0.3) is 5.69 Å². The number of anilines is 2. The Kier molecular flexibility index (Phi) is 5.98. The summed E-state index contributed by atoms with van der Waals surface area (Å²) in [4.78, 5) is 12.6. The third-order valence-electron chi connectivity index (χ3n) is 4.98. The zero-order valence-corrected chi connectivity index (χ0v) is 17.4. The molecule has 156 valence electrons. The van der Waals surface area contributed by atoms with E-state index in [-0.39, 0.29) is 11.9 Å². The first-order chi connectivity index (χ1) is 15.1. The Bertz CT molecular complexity index is 1140. The Morgan fingerprint density at radius 3 is 2.26 bits per heavy atom. The summed E-state index contributed by atoms with van der Waals surface area (Å²) in [5.41, 5.74) is 4.10. The third-order valence-corrected chi connectivity index (χ3v) is 4.98. The van der Waals surface area contributed by atoms with Crippen LogP contribution < -0.4 is 15.4 Å². The first-order valence-corrected chi connectivity index (χ1v) is 10.1. The van der Waals surface area contributed by atoms with Crippen LogP contribution in [0.2, 0.25) is 0 Å². The van der Waals surface area contributed by atoms with Crippen molar-refractivity contribution in [2.45, 2.75) is 13.0 Å². The van der Waals surface area contributed by atoms with Crippen LogP contribution >= 0.6 is 0 Å². The molecule has 31 heavy (non-hydrogen) atoms. The molecule has 0 aliphatic rings. The highest BCUT2D eigenvalue weighted by molar-refractivity contribution is 6.02. The summed E-state index contributed by atoms with van der Waals surface area (Å²) in [5.74, 6) is 0.510. The largest absolute Gasteiger partial charge is 0.497 e. The van der Waals surface area contributed by atoms with Crippen molar-refractivity contribution < 1.29 is 9.53 Å². The molecule has 0 bridgehead atoms. The standard InChI is InChI=1S/C25H24N4O2/c1-18(19-6-4-3-5-7-19)26-20-8-10-21(11-9-20)27-25(30)24-16-17-29(28-24)22-12-14-23(31-2)15-13-22/h3-18,26H,1-2H3,(H,27,30). The first-order valence-electron chi connectivity index (χ1n) is 10.1. The minimum absolute atomic E-state index is 0.184. The highest BCUT2D eigenvalue weighted by Gasteiger charge is 2.11. The van der Waals surface area contributed by atoms with Crippen LogP contribution in [0.15, 0.2) is 91.1 Å². The number of rotatable bonds is 7. The topological polar surface area (TPSA) is 68.2 Å². The van der Waals surface area contributed by atoms with Gasteiger partial charge in [-0.1, -0.05) is 30.3 Å². The van der Waals surface area contributed by atoms with Crippen molar-refractivity contribution in [1.82, 2.24) is 9.78 Å². The molecule has 2 N–H and O–H groups in total. The van der Waals surface area contributed by atoms with E-state index < -0.39 is 0 Å². The highest BCUT2D eigenvalue weighted by Crippen LogP contribution is 2.21. The molecule has 0 saturated carbocycles. The molecule has 0 aliphatic heterocycles. The van der Waals surface area contributed by atoms with Crippen molar-refractivity contribution >= 4 is 17.3 Å². The molecule has 4 aromatic rings. The van der Waals surface area contributed by atoms with Gasteiger partial charge in [-0.15, -0.1) is 0 Å². The van der Waals surface area contributed by atoms with Crippen molar-refractivity contribution in [2.75, 3.05) is 17.7 Å². The summed E-state index contributed by atoms with van der Waals surface area (Å²) in [5, 5.41) is 10.7. The van der Waals surface area contributed by atoms with E-state index in [0.29, 0.717) is 11.4 Å². The number of hydrogen-bond acceptors (Lipinski definition) is 4. The Hall–Kier alpha value is -4.06. The number of aromatic nitrogens is 2. The summed E-state index contributed by atoms with van der Waals surface area (Å²) in [6.45, 7) is 2.12. The number of nitrogens with zero attached hydrogens (tertiary/aromatic N) is 2. The zero-order valence-electron chi connectivity index (χ0n) is 17.4. The van der Waals surface area contributed by atoms with Crippen LogP contribution in [-0.2, 0) is 0 Å².